The average molecular weight is 342 g/mol. The number of piperazine rings is 1. The highest BCUT2D eigenvalue weighted by molar-refractivity contribution is 7.17. The minimum atomic E-state index is -0.0451. The van der Waals surface area contributed by atoms with Gasteiger partial charge in [0.1, 0.15) is 16.3 Å². The standard InChI is InChI=1S/C16H18N6OS/c1-11-9-21(5-6-22(11)14-8-17-3-4-18-14)10-13-19-12-2-7-24-15(12)16(23)20-13/h2-4,7-8,11H,5-6,9-10H2,1H3,(H,19,20,23). The van der Waals surface area contributed by atoms with E-state index in [0.717, 1.165) is 36.8 Å². The molecule has 1 aliphatic rings. The molecule has 1 fully saturated rings. The van der Waals surface area contributed by atoms with Crippen LogP contribution in [-0.2, 0) is 6.54 Å². The molecule has 1 atom stereocenters. The molecular weight excluding hydrogens is 324 g/mol. The minimum Gasteiger partial charge on any atom is -0.350 e. The van der Waals surface area contributed by atoms with Gasteiger partial charge in [-0.3, -0.25) is 14.7 Å². The molecule has 1 saturated heterocycles. The topological polar surface area (TPSA) is 78.0 Å². The van der Waals surface area contributed by atoms with E-state index in [9.17, 15) is 4.79 Å². The van der Waals surface area contributed by atoms with Gasteiger partial charge in [-0.15, -0.1) is 11.3 Å². The molecule has 0 aliphatic carbocycles. The highest BCUT2D eigenvalue weighted by atomic mass is 32.1. The van der Waals surface area contributed by atoms with Gasteiger partial charge in [0.05, 0.1) is 18.3 Å². The summed E-state index contributed by atoms with van der Waals surface area (Å²) in [5.41, 5.74) is 0.737. The predicted molar refractivity (Wildman–Crippen MR) is 94.4 cm³/mol. The van der Waals surface area contributed by atoms with Crippen molar-refractivity contribution < 1.29 is 0 Å². The van der Waals surface area contributed by atoms with Crippen molar-refractivity contribution in [3.8, 4) is 0 Å². The van der Waals surface area contributed by atoms with E-state index in [1.165, 1.54) is 11.3 Å². The fourth-order valence-corrected chi connectivity index (χ4v) is 3.89. The van der Waals surface area contributed by atoms with E-state index in [4.69, 9.17) is 0 Å². The minimum absolute atomic E-state index is 0.0451. The number of nitrogens with zero attached hydrogens (tertiary/aromatic N) is 5. The van der Waals surface area contributed by atoms with E-state index in [-0.39, 0.29) is 5.56 Å². The molecule has 7 nitrogen and oxygen atoms in total. The number of anilines is 1. The van der Waals surface area contributed by atoms with E-state index in [0.29, 0.717) is 17.3 Å². The molecule has 1 unspecified atom stereocenters. The summed E-state index contributed by atoms with van der Waals surface area (Å²) in [6, 6.07) is 2.22. The Bertz CT molecular complexity index is 892. The summed E-state index contributed by atoms with van der Waals surface area (Å²) in [6.07, 6.45) is 5.21. The van der Waals surface area contributed by atoms with Crippen molar-refractivity contribution in [1.29, 1.82) is 0 Å². The molecule has 3 aromatic heterocycles. The van der Waals surface area contributed by atoms with Crippen LogP contribution in [0.2, 0.25) is 0 Å². The molecule has 0 spiro atoms. The van der Waals surface area contributed by atoms with Crippen LogP contribution in [0.5, 0.6) is 0 Å². The number of aromatic amines is 1. The highest BCUT2D eigenvalue weighted by Gasteiger charge is 2.25. The molecule has 3 aromatic rings. The zero-order valence-electron chi connectivity index (χ0n) is 13.3. The Kier molecular flexibility index (Phi) is 3.99. The number of fused-ring (bicyclic) bond motifs is 1. The van der Waals surface area contributed by atoms with Crippen molar-refractivity contribution in [3.05, 3.63) is 46.2 Å². The second kappa shape index (κ2) is 6.29. The van der Waals surface area contributed by atoms with Crippen LogP contribution in [0.4, 0.5) is 5.82 Å². The van der Waals surface area contributed by atoms with Crippen molar-refractivity contribution in [3.63, 3.8) is 0 Å². The third-order valence-electron chi connectivity index (χ3n) is 4.29. The lowest BCUT2D eigenvalue weighted by Gasteiger charge is -2.40. The maximum Gasteiger partial charge on any atom is 0.268 e. The fourth-order valence-electron chi connectivity index (χ4n) is 3.16. The van der Waals surface area contributed by atoms with Gasteiger partial charge in [0.25, 0.3) is 5.56 Å². The lowest BCUT2D eigenvalue weighted by Crippen LogP contribution is -2.52. The first-order chi connectivity index (χ1) is 11.7. The van der Waals surface area contributed by atoms with E-state index < -0.39 is 0 Å². The number of rotatable bonds is 3. The summed E-state index contributed by atoms with van der Waals surface area (Å²) in [4.78, 5) is 32.7. The Labute approximate surface area is 143 Å². The fraction of sp³-hybridized carbons (Fsp3) is 0.375. The summed E-state index contributed by atoms with van der Waals surface area (Å²) in [6.45, 7) is 5.50. The summed E-state index contributed by atoms with van der Waals surface area (Å²) >= 11 is 1.43. The molecular formula is C16H18N6OS. The molecule has 0 bridgehead atoms. The predicted octanol–water partition coefficient (Wildman–Crippen LogP) is 1.49. The molecule has 0 amide bonds. The maximum atomic E-state index is 12.1. The van der Waals surface area contributed by atoms with E-state index in [2.05, 4.69) is 36.7 Å². The lowest BCUT2D eigenvalue weighted by atomic mass is 10.2. The molecule has 8 heteroatoms. The van der Waals surface area contributed by atoms with Gasteiger partial charge < -0.3 is 9.88 Å². The molecule has 4 rings (SSSR count). The van der Waals surface area contributed by atoms with Crippen molar-refractivity contribution in [1.82, 2.24) is 24.8 Å². The van der Waals surface area contributed by atoms with E-state index >= 15 is 0 Å². The number of thiophene rings is 1. The largest absolute Gasteiger partial charge is 0.350 e. The molecule has 0 aromatic carbocycles. The van der Waals surface area contributed by atoms with Gasteiger partial charge in [-0.1, -0.05) is 0 Å². The smallest absolute Gasteiger partial charge is 0.268 e. The summed E-state index contributed by atoms with van der Waals surface area (Å²) in [5.74, 6) is 1.64. The Hall–Kier alpha value is -2.32. The summed E-state index contributed by atoms with van der Waals surface area (Å²) < 4.78 is 0.694. The van der Waals surface area contributed by atoms with Gasteiger partial charge >= 0.3 is 0 Å². The Morgan fingerprint density at radius 1 is 1.38 bits per heavy atom. The van der Waals surface area contributed by atoms with Crippen molar-refractivity contribution in [2.45, 2.75) is 19.5 Å². The number of nitrogens with one attached hydrogen (secondary N) is 1. The number of H-pyrrole nitrogens is 1. The Morgan fingerprint density at radius 2 is 2.29 bits per heavy atom. The second-order valence-corrected chi connectivity index (χ2v) is 6.90. The highest BCUT2D eigenvalue weighted by Crippen LogP contribution is 2.18. The second-order valence-electron chi connectivity index (χ2n) is 5.99. The van der Waals surface area contributed by atoms with E-state index in [1.54, 1.807) is 18.6 Å². The third kappa shape index (κ3) is 2.90. The zero-order chi connectivity index (χ0) is 16.5. The summed E-state index contributed by atoms with van der Waals surface area (Å²) in [7, 11) is 0. The Balaban J connectivity index is 1.47. The van der Waals surface area contributed by atoms with Crippen LogP contribution in [0.15, 0.2) is 34.8 Å². The first-order valence-electron chi connectivity index (χ1n) is 7.92. The molecule has 4 heterocycles. The molecule has 1 N–H and O–H groups in total. The van der Waals surface area contributed by atoms with Gasteiger partial charge in [-0.05, 0) is 18.4 Å². The normalized spacial score (nSPS) is 19.0. The molecule has 24 heavy (non-hydrogen) atoms. The molecule has 0 saturated carbocycles. The van der Waals surface area contributed by atoms with Gasteiger partial charge in [0.2, 0.25) is 0 Å². The van der Waals surface area contributed by atoms with Crippen LogP contribution < -0.4 is 10.5 Å². The van der Waals surface area contributed by atoms with Crippen LogP contribution in [0.3, 0.4) is 0 Å². The maximum absolute atomic E-state index is 12.1. The zero-order valence-corrected chi connectivity index (χ0v) is 14.2. The lowest BCUT2D eigenvalue weighted by molar-refractivity contribution is 0.215. The van der Waals surface area contributed by atoms with Crippen LogP contribution in [0, 0.1) is 0 Å². The van der Waals surface area contributed by atoms with Crippen LogP contribution >= 0.6 is 11.3 Å². The van der Waals surface area contributed by atoms with Crippen LogP contribution in [0.25, 0.3) is 10.2 Å². The number of aromatic nitrogens is 4. The van der Waals surface area contributed by atoms with Gasteiger partial charge in [-0.25, -0.2) is 9.97 Å². The Morgan fingerprint density at radius 3 is 3.08 bits per heavy atom. The number of hydrogen-bond donors (Lipinski definition) is 1. The van der Waals surface area contributed by atoms with E-state index in [1.807, 2.05) is 11.4 Å². The molecule has 0 radical (unpaired) electrons. The first-order valence-corrected chi connectivity index (χ1v) is 8.80. The van der Waals surface area contributed by atoms with Gasteiger partial charge in [0, 0.05) is 38.1 Å². The van der Waals surface area contributed by atoms with Gasteiger partial charge in [-0.2, -0.15) is 0 Å². The van der Waals surface area contributed by atoms with Crippen LogP contribution in [0.1, 0.15) is 12.7 Å². The first kappa shape index (κ1) is 15.2. The average Bonchev–Trinajstić information content (AvgIpc) is 3.05. The quantitative estimate of drug-likeness (QED) is 0.777. The van der Waals surface area contributed by atoms with Crippen LogP contribution in [-0.4, -0.2) is 50.5 Å². The molecule has 124 valence electrons. The third-order valence-corrected chi connectivity index (χ3v) is 5.20. The molecule has 1 aliphatic heterocycles. The number of hydrogen-bond acceptors (Lipinski definition) is 7. The SMILES string of the molecule is CC1CN(Cc2nc3ccsc3c(=O)[nH]2)CCN1c1cnccn1. The van der Waals surface area contributed by atoms with Crippen molar-refractivity contribution in [2.24, 2.45) is 0 Å². The summed E-state index contributed by atoms with van der Waals surface area (Å²) in [5, 5.41) is 1.90. The van der Waals surface area contributed by atoms with Gasteiger partial charge in [0.15, 0.2) is 0 Å². The van der Waals surface area contributed by atoms with Crippen molar-refractivity contribution >= 4 is 27.4 Å². The monoisotopic (exact) mass is 342 g/mol. The van der Waals surface area contributed by atoms with Crippen molar-refractivity contribution in [2.75, 3.05) is 24.5 Å².